The summed E-state index contributed by atoms with van der Waals surface area (Å²) < 4.78 is 0. The standard InChI is InChI=1S/C17H21N3S/c18-16-14(13-2-1-3-21-13)15(19-20-16)17-7-10-4-11(8-17)6-12(5-10)9-17/h1-3,10-12H,4-9H2,(H3,18,19,20). The Kier molecular flexibility index (Phi) is 2.41. The number of nitrogens with two attached hydrogens (primary N) is 1. The Bertz CT molecular complexity index is 635. The third-order valence-electron chi connectivity index (χ3n) is 6.13. The lowest BCUT2D eigenvalue weighted by atomic mass is 9.48. The van der Waals surface area contributed by atoms with Gasteiger partial charge in [-0.2, -0.15) is 5.10 Å². The fourth-order valence-electron chi connectivity index (χ4n) is 5.83. The molecule has 0 unspecified atom stereocenters. The first-order chi connectivity index (χ1) is 10.2. The van der Waals surface area contributed by atoms with Crippen LogP contribution >= 0.6 is 11.3 Å². The largest absolute Gasteiger partial charge is 0.382 e. The van der Waals surface area contributed by atoms with Crippen molar-refractivity contribution < 1.29 is 0 Å². The Hall–Kier alpha value is -1.29. The minimum Gasteiger partial charge on any atom is -0.382 e. The van der Waals surface area contributed by atoms with Crippen molar-refractivity contribution in [3.63, 3.8) is 0 Å². The van der Waals surface area contributed by atoms with Gasteiger partial charge in [0.15, 0.2) is 5.82 Å². The zero-order valence-electron chi connectivity index (χ0n) is 12.1. The summed E-state index contributed by atoms with van der Waals surface area (Å²) in [5.74, 6) is 3.51. The molecule has 0 aliphatic heterocycles. The molecule has 21 heavy (non-hydrogen) atoms. The van der Waals surface area contributed by atoms with Crippen molar-refractivity contribution >= 4 is 17.2 Å². The molecule has 4 heteroatoms. The van der Waals surface area contributed by atoms with E-state index in [1.165, 1.54) is 54.7 Å². The molecule has 0 saturated heterocycles. The molecule has 4 aliphatic carbocycles. The normalized spacial score (nSPS) is 37.2. The molecule has 2 aromatic rings. The summed E-state index contributed by atoms with van der Waals surface area (Å²) in [6, 6.07) is 4.28. The number of nitrogen functional groups attached to an aromatic ring is 1. The number of H-pyrrole nitrogens is 1. The summed E-state index contributed by atoms with van der Waals surface area (Å²) in [5.41, 5.74) is 9.10. The van der Waals surface area contributed by atoms with E-state index in [0.717, 1.165) is 17.8 Å². The molecule has 0 aromatic carbocycles. The van der Waals surface area contributed by atoms with Crippen LogP contribution in [0.15, 0.2) is 17.5 Å². The van der Waals surface area contributed by atoms with Crippen molar-refractivity contribution in [2.45, 2.75) is 43.9 Å². The summed E-state index contributed by atoms with van der Waals surface area (Å²) in [6.45, 7) is 0. The van der Waals surface area contributed by atoms with Gasteiger partial charge in [-0.1, -0.05) is 6.07 Å². The highest BCUT2D eigenvalue weighted by Crippen LogP contribution is 2.61. The van der Waals surface area contributed by atoms with Crippen LogP contribution in [-0.2, 0) is 5.41 Å². The van der Waals surface area contributed by atoms with E-state index in [9.17, 15) is 0 Å². The second-order valence-corrected chi connectivity index (χ2v) is 8.48. The van der Waals surface area contributed by atoms with Crippen LogP contribution in [0.1, 0.15) is 44.2 Å². The summed E-state index contributed by atoms with van der Waals surface area (Å²) in [5, 5.41) is 9.87. The average Bonchev–Trinajstić information content (AvgIpc) is 3.05. The molecule has 0 spiro atoms. The summed E-state index contributed by atoms with van der Waals surface area (Å²) in [4.78, 5) is 1.27. The molecular formula is C17H21N3S. The highest BCUT2D eigenvalue weighted by atomic mass is 32.1. The average molecular weight is 299 g/mol. The van der Waals surface area contributed by atoms with Gasteiger partial charge >= 0.3 is 0 Å². The number of nitrogens with one attached hydrogen (secondary N) is 1. The van der Waals surface area contributed by atoms with Crippen LogP contribution in [-0.4, -0.2) is 10.2 Å². The quantitative estimate of drug-likeness (QED) is 0.873. The van der Waals surface area contributed by atoms with Gasteiger partial charge in [-0.3, -0.25) is 5.10 Å². The lowest BCUT2D eigenvalue weighted by Gasteiger charge is -2.56. The van der Waals surface area contributed by atoms with Crippen molar-refractivity contribution in [3.8, 4) is 10.4 Å². The lowest BCUT2D eigenvalue weighted by molar-refractivity contribution is -0.00694. The van der Waals surface area contributed by atoms with Crippen LogP contribution in [0.4, 0.5) is 5.82 Å². The fourth-order valence-corrected chi connectivity index (χ4v) is 6.61. The maximum Gasteiger partial charge on any atom is 0.154 e. The van der Waals surface area contributed by atoms with Gasteiger partial charge in [-0.05, 0) is 67.7 Å². The van der Waals surface area contributed by atoms with E-state index >= 15 is 0 Å². The van der Waals surface area contributed by atoms with Crippen LogP contribution in [0.25, 0.3) is 10.4 Å². The Morgan fingerprint density at radius 2 is 1.81 bits per heavy atom. The third kappa shape index (κ3) is 1.68. The summed E-state index contributed by atoms with van der Waals surface area (Å²) in [6.07, 6.45) is 8.45. The second kappa shape index (κ2) is 4.13. The first-order valence-corrected chi connectivity index (χ1v) is 9.00. The molecule has 0 atom stereocenters. The van der Waals surface area contributed by atoms with Crippen LogP contribution in [0.5, 0.6) is 0 Å². The van der Waals surface area contributed by atoms with E-state index in [2.05, 4.69) is 27.7 Å². The Morgan fingerprint density at radius 3 is 2.38 bits per heavy atom. The summed E-state index contributed by atoms with van der Waals surface area (Å²) in [7, 11) is 0. The van der Waals surface area contributed by atoms with Crippen molar-refractivity contribution in [1.29, 1.82) is 0 Å². The zero-order chi connectivity index (χ0) is 14.0. The molecule has 3 N–H and O–H groups in total. The van der Waals surface area contributed by atoms with Crippen molar-refractivity contribution in [3.05, 3.63) is 23.2 Å². The van der Waals surface area contributed by atoms with Gasteiger partial charge in [0.1, 0.15) is 0 Å². The van der Waals surface area contributed by atoms with Gasteiger partial charge in [-0.25, -0.2) is 0 Å². The lowest BCUT2D eigenvalue weighted by Crippen LogP contribution is -2.49. The first-order valence-electron chi connectivity index (χ1n) is 8.12. The number of hydrogen-bond donors (Lipinski definition) is 2. The van der Waals surface area contributed by atoms with Crippen LogP contribution in [0.3, 0.4) is 0 Å². The highest BCUT2D eigenvalue weighted by Gasteiger charge is 2.53. The van der Waals surface area contributed by atoms with E-state index in [4.69, 9.17) is 5.73 Å². The molecule has 4 aliphatic rings. The topological polar surface area (TPSA) is 54.7 Å². The number of anilines is 1. The molecular weight excluding hydrogens is 278 g/mol. The van der Waals surface area contributed by atoms with Gasteiger partial charge in [0.2, 0.25) is 0 Å². The predicted octanol–water partition coefficient (Wildman–Crippen LogP) is 4.19. The van der Waals surface area contributed by atoms with Gasteiger partial charge in [0.25, 0.3) is 0 Å². The van der Waals surface area contributed by atoms with Crippen molar-refractivity contribution in [2.24, 2.45) is 17.8 Å². The maximum atomic E-state index is 6.22. The maximum absolute atomic E-state index is 6.22. The van der Waals surface area contributed by atoms with Gasteiger partial charge in [0, 0.05) is 10.3 Å². The van der Waals surface area contributed by atoms with E-state index in [1.807, 2.05) is 0 Å². The number of rotatable bonds is 2. The Morgan fingerprint density at radius 1 is 1.14 bits per heavy atom. The molecule has 6 rings (SSSR count). The van der Waals surface area contributed by atoms with Gasteiger partial charge in [-0.15, -0.1) is 11.3 Å². The molecule has 4 fully saturated rings. The number of hydrogen-bond acceptors (Lipinski definition) is 3. The zero-order valence-corrected chi connectivity index (χ0v) is 13.0. The second-order valence-electron chi connectivity index (χ2n) is 7.53. The minimum absolute atomic E-state index is 0.332. The molecule has 4 bridgehead atoms. The molecule has 2 heterocycles. The SMILES string of the molecule is Nc1n[nH]c(C23CC4CC(CC(C4)C2)C3)c1-c1cccs1. The van der Waals surface area contributed by atoms with Crippen LogP contribution in [0.2, 0.25) is 0 Å². The van der Waals surface area contributed by atoms with E-state index in [0.29, 0.717) is 11.2 Å². The highest BCUT2D eigenvalue weighted by molar-refractivity contribution is 7.13. The predicted molar refractivity (Wildman–Crippen MR) is 86.2 cm³/mol. The smallest absolute Gasteiger partial charge is 0.154 e. The van der Waals surface area contributed by atoms with Gasteiger partial charge < -0.3 is 5.73 Å². The Balaban J connectivity index is 1.65. The molecule has 3 nitrogen and oxygen atoms in total. The number of aromatic amines is 1. The molecule has 110 valence electrons. The van der Waals surface area contributed by atoms with Gasteiger partial charge in [0.05, 0.1) is 11.3 Å². The molecule has 2 aromatic heterocycles. The summed E-state index contributed by atoms with van der Waals surface area (Å²) >= 11 is 1.77. The van der Waals surface area contributed by atoms with Crippen LogP contribution in [0, 0.1) is 17.8 Å². The van der Waals surface area contributed by atoms with E-state index < -0.39 is 0 Å². The van der Waals surface area contributed by atoms with Crippen molar-refractivity contribution in [2.75, 3.05) is 5.73 Å². The number of thiophene rings is 1. The van der Waals surface area contributed by atoms with E-state index in [-0.39, 0.29) is 0 Å². The minimum atomic E-state index is 0.332. The number of nitrogens with zero attached hydrogens (tertiary/aromatic N) is 1. The van der Waals surface area contributed by atoms with E-state index in [1.54, 1.807) is 11.3 Å². The molecule has 4 saturated carbocycles. The monoisotopic (exact) mass is 299 g/mol. The van der Waals surface area contributed by atoms with Crippen molar-refractivity contribution in [1.82, 2.24) is 10.2 Å². The van der Waals surface area contributed by atoms with Crippen LogP contribution < -0.4 is 5.73 Å². The third-order valence-corrected chi connectivity index (χ3v) is 7.02. The Labute approximate surface area is 128 Å². The molecule has 0 amide bonds. The fraction of sp³-hybridized carbons (Fsp3) is 0.588. The first kappa shape index (κ1) is 12.3. The number of aromatic nitrogens is 2. The molecule has 0 radical (unpaired) electrons.